The van der Waals surface area contributed by atoms with Crippen LogP contribution in [0.15, 0.2) is 18.2 Å². The zero-order chi connectivity index (χ0) is 13.8. The van der Waals surface area contributed by atoms with Crippen LogP contribution in [0.3, 0.4) is 0 Å². The molecule has 0 amide bonds. The van der Waals surface area contributed by atoms with Gasteiger partial charge in [-0.15, -0.1) is 0 Å². The predicted molar refractivity (Wildman–Crippen MR) is 73.6 cm³/mol. The van der Waals surface area contributed by atoms with Crippen LogP contribution < -0.4 is 10.5 Å². The highest BCUT2D eigenvalue weighted by molar-refractivity contribution is 5.76. The zero-order valence-electron chi connectivity index (χ0n) is 11.2. The number of nitrogen functional groups attached to an aromatic ring is 1. The number of nitrogens with one attached hydrogen (secondary N) is 1. The molecule has 2 aromatic rings. The van der Waals surface area contributed by atoms with Crippen molar-refractivity contribution in [3.63, 3.8) is 0 Å². The number of ether oxygens (including phenoxy) is 1. The molecule has 0 radical (unpaired) electrons. The molecule has 102 valence electrons. The fraction of sp³-hybridized carbons (Fsp3) is 0.357. The maximum Gasteiger partial charge on any atom is 0.165 e. The lowest BCUT2D eigenvalue weighted by Gasteiger charge is -2.07. The summed E-state index contributed by atoms with van der Waals surface area (Å²) in [6, 6.07) is 4.81. The van der Waals surface area contributed by atoms with E-state index in [1.165, 1.54) is 13.2 Å². The van der Waals surface area contributed by atoms with Crippen molar-refractivity contribution in [1.82, 2.24) is 10.2 Å². The van der Waals surface area contributed by atoms with Crippen molar-refractivity contribution in [1.29, 1.82) is 0 Å². The summed E-state index contributed by atoms with van der Waals surface area (Å²) in [5, 5.41) is 6.94. The number of aryl methyl sites for hydroxylation is 1. The van der Waals surface area contributed by atoms with E-state index in [1.807, 2.05) is 0 Å². The second-order valence-electron chi connectivity index (χ2n) is 4.42. The molecule has 2 rings (SSSR count). The van der Waals surface area contributed by atoms with Gasteiger partial charge in [-0.2, -0.15) is 5.10 Å². The smallest absolute Gasteiger partial charge is 0.165 e. The molecule has 0 aliphatic carbocycles. The Balaban J connectivity index is 2.40. The van der Waals surface area contributed by atoms with Crippen LogP contribution in [0.5, 0.6) is 5.75 Å². The molecule has 19 heavy (non-hydrogen) atoms. The lowest BCUT2D eigenvalue weighted by atomic mass is 10.0. The van der Waals surface area contributed by atoms with Crippen molar-refractivity contribution in [2.75, 3.05) is 12.8 Å². The van der Waals surface area contributed by atoms with Gasteiger partial charge < -0.3 is 10.5 Å². The van der Waals surface area contributed by atoms with E-state index in [2.05, 4.69) is 17.1 Å². The number of anilines is 1. The lowest BCUT2D eigenvalue weighted by Crippen LogP contribution is -1.94. The molecule has 5 heteroatoms. The third-order valence-electron chi connectivity index (χ3n) is 3.09. The fourth-order valence-electron chi connectivity index (χ4n) is 2.07. The molecule has 1 aromatic carbocycles. The number of hydrogen-bond acceptors (Lipinski definition) is 3. The fourth-order valence-corrected chi connectivity index (χ4v) is 2.07. The zero-order valence-corrected chi connectivity index (χ0v) is 11.2. The van der Waals surface area contributed by atoms with Crippen molar-refractivity contribution < 1.29 is 9.13 Å². The van der Waals surface area contributed by atoms with Crippen LogP contribution in [0.4, 0.5) is 10.2 Å². The normalized spacial score (nSPS) is 10.7. The van der Waals surface area contributed by atoms with Gasteiger partial charge in [0.2, 0.25) is 0 Å². The molecule has 1 aromatic heterocycles. The number of H-pyrrole nitrogens is 1. The number of benzene rings is 1. The minimum absolute atomic E-state index is 0.223. The van der Waals surface area contributed by atoms with Crippen molar-refractivity contribution in [3.05, 3.63) is 29.7 Å². The van der Waals surface area contributed by atoms with Gasteiger partial charge in [0.15, 0.2) is 17.4 Å². The lowest BCUT2D eigenvalue weighted by molar-refractivity contribution is 0.386. The highest BCUT2D eigenvalue weighted by Crippen LogP contribution is 2.31. The van der Waals surface area contributed by atoms with Crippen LogP contribution in [0.1, 0.15) is 25.5 Å². The molecule has 1 heterocycles. The predicted octanol–water partition coefficient (Wildman–Crippen LogP) is 3.15. The quantitative estimate of drug-likeness (QED) is 0.871. The molecule has 0 saturated heterocycles. The van der Waals surface area contributed by atoms with Crippen LogP contribution in [-0.2, 0) is 6.42 Å². The van der Waals surface area contributed by atoms with Gasteiger partial charge in [-0.3, -0.25) is 5.10 Å². The molecule has 0 unspecified atom stereocenters. The third-order valence-corrected chi connectivity index (χ3v) is 3.09. The first-order valence-corrected chi connectivity index (χ1v) is 6.34. The summed E-state index contributed by atoms with van der Waals surface area (Å²) in [6.07, 6.45) is 2.96. The average molecular weight is 263 g/mol. The van der Waals surface area contributed by atoms with Crippen LogP contribution in [-0.4, -0.2) is 17.3 Å². The third kappa shape index (κ3) is 2.70. The number of rotatable bonds is 5. The first-order chi connectivity index (χ1) is 9.17. The number of methoxy groups -OCH3 is 1. The Bertz CT molecular complexity index is 566. The average Bonchev–Trinajstić information content (AvgIpc) is 2.77. The van der Waals surface area contributed by atoms with E-state index in [-0.39, 0.29) is 5.75 Å². The van der Waals surface area contributed by atoms with Crippen molar-refractivity contribution in [3.8, 4) is 16.9 Å². The van der Waals surface area contributed by atoms with Gasteiger partial charge in [0.05, 0.1) is 7.11 Å². The number of unbranched alkanes of at least 4 members (excludes halogenated alkanes) is 1. The first-order valence-electron chi connectivity index (χ1n) is 6.34. The van der Waals surface area contributed by atoms with E-state index in [9.17, 15) is 4.39 Å². The first kappa shape index (κ1) is 13.4. The Kier molecular flexibility index (Phi) is 4.04. The van der Waals surface area contributed by atoms with E-state index < -0.39 is 5.82 Å². The van der Waals surface area contributed by atoms with Crippen molar-refractivity contribution in [2.45, 2.75) is 26.2 Å². The Labute approximate surface area is 111 Å². The second-order valence-corrected chi connectivity index (χ2v) is 4.42. The maximum atomic E-state index is 13.8. The van der Waals surface area contributed by atoms with Crippen molar-refractivity contribution >= 4 is 5.82 Å². The van der Waals surface area contributed by atoms with Crippen molar-refractivity contribution in [2.24, 2.45) is 0 Å². The Morgan fingerprint density at radius 3 is 2.84 bits per heavy atom. The molecule has 0 atom stereocenters. The summed E-state index contributed by atoms with van der Waals surface area (Å²) in [5.74, 6) is 0.221. The van der Waals surface area contributed by atoms with E-state index >= 15 is 0 Å². The maximum absolute atomic E-state index is 13.8. The van der Waals surface area contributed by atoms with Gasteiger partial charge in [-0.05, 0) is 30.5 Å². The van der Waals surface area contributed by atoms with Gasteiger partial charge in [-0.25, -0.2) is 4.39 Å². The van der Waals surface area contributed by atoms with Gasteiger partial charge in [-0.1, -0.05) is 19.4 Å². The van der Waals surface area contributed by atoms with E-state index in [4.69, 9.17) is 10.5 Å². The largest absolute Gasteiger partial charge is 0.494 e. The van der Waals surface area contributed by atoms with E-state index in [0.717, 1.165) is 36.1 Å². The molecule has 0 aliphatic rings. The molecular weight excluding hydrogens is 245 g/mol. The number of halogens is 1. The van der Waals surface area contributed by atoms with Gasteiger partial charge in [0, 0.05) is 11.3 Å². The summed E-state index contributed by atoms with van der Waals surface area (Å²) >= 11 is 0. The monoisotopic (exact) mass is 263 g/mol. The van der Waals surface area contributed by atoms with Gasteiger partial charge in [0.1, 0.15) is 0 Å². The van der Waals surface area contributed by atoms with E-state index in [0.29, 0.717) is 5.82 Å². The second kappa shape index (κ2) is 5.73. The number of hydrogen-bond donors (Lipinski definition) is 2. The standard InChI is InChI=1S/C14H18FN3O/c1-3-4-5-11-13(14(16)18-17-11)9-6-7-12(19-2)10(15)8-9/h6-8H,3-5H2,1-2H3,(H3,16,17,18). The van der Waals surface area contributed by atoms with Crippen LogP contribution in [0.25, 0.3) is 11.1 Å². The summed E-state index contributed by atoms with van der Waals surface area (Å²) < 4.78 is 18.7. The minimum atomic E-state index is -0.401. The van der Waals surface area contributed by atoms with Crippen LogP contribution >= 0.6 is 0 Å². The van der Waals surface area contributed by atoms with E-state index in [1.54, 1.807) is 12.1 Å². The van der Waals surface area contributed by atoms with Gasteiger partial charge in [0.25, 0.3) is 0 Å². The van der Waals surface area contributed by atoms with Gasteiger partial charge >= 0.3 is 0 Å². The highest BCUT2D eigenvalue weighted by atomic mass is 19.1. The number of aromatic nitrogens is 2. The molecule has 0 saturated carbocycles. The van der Waals surface area contributed by atoms with Crippen LogP contribution in [0.2, 0.25) is 0 Å². The molecule has 3 N–H and O–H groups in total. The highest BCUT2D eigenvalue weighted by Gasteiger charge is 2.14. The number of aromatic amines is 1. The molecule has 0 aliphatic heterocycles. The Morgan fingerprint density at radius 2 is 2.21 bits per heavy atom. The Hall–Kier alpha value is -2.04. The summed E-state index contributed by atoms with van der Waals surface area (Å²) in [5.41, 5.74) is 8.32. The Morgan fingerprint density at radius 1 is 1.42 bits per heavy atom. The van der Waals surface area contributed by atoms with Crippen LogP contribution in [0, 0.1) is 5.82 Å². The number of nitrogens with zero attached hydrogens (tertiary/aromatic N) is 1. The summed E-state index contributed by atoms with van der Waals surface area (Å²) in [7, 11) is 1.44. The topological polar surface area (TPSA) is 63.9 Å². The number of nitrogens with two attached hydrogens (primary N) is 1. The SMILES string of the molecule is CCCCc1[nH]nc(N)c1-c1ccc(OC)c(F)c1. The molecular formula is C14H18FN3O. The summed E-state index contributed by atoms with van der Waals surface area (Å²) in [4.78, 5) is 0. The molecule has 0 fully saturated rings. The summed E-state index contributed by atoms with van der Waals surface area (Å²) in [6.45, 7) is 2.12. The minimum Gasteiger partial charge on any atom is -0.494 e. The molecule has 0 bridgehead atoms. The molecule has 4 nitrogen and oxygen atoms in total. The molecule has 0 spiro atoms.